The second-order valence-corrected chi connectivity index (χ2v) is 7.74. The van der Waals surface area contributed by atoms with Gasteiger partial charge in [0, 0.05) is 17.0 Å². The minimum atomic E-state index is -0.846. The number of para-hydroxylation sites is 1. The molecule has 8 heteroatoms. The molecule has 28 heavy (non-hydrogen) atoms. The molecule has 144 valence electrons. The number of fused-ring (bicyclic) bond motifs is 3. The molecule has 0 saturated carbocycles. The van der Waals surface area contributed by atoms with Crippen molar-refractivity contribution < 1.29 is 9.13 Å². The van der Waals surface area contributed by atoms with Crippen LogP contribution in [0, 0.1) is 5.82 Å². The molecule has 0 radical (unpaired) electrons. The Balaban J connectivity index is 1.78. The highest BCUT2D eigenvalue weighted by molar-refractivity contribution is 7.99. The lowest BCUT2D eigenvalue weighted by Gasteiger charge is -2.20. The quantitative estimate of drug-likeness (QED) is 0.423. The fourth-order valence-electron chi connectivity index (χ4n) is 2.91. The van der Waals surface area contributed by atoms with E-state index in [9.17, 15) is 4.39 Å². The van der Waals surface area contributed by atoms with Crippen LogP contribution in [0.4, 0.5) is 10.1 Å². The van der Waals surface area contributed by atoms with Gasteiger partial charge in [-0.25, -0.2) is 4.39 Å². The highest BCUT2D eigenvalue weighted by atomic mass is 35.5. The molecule has 2 heterocycles. The maximum absolute atomic E-state index is 14.5. The number of anilines is 1. The Bertz CT molecular complexity index is 983. The van der Waals surface area contributed by atoms with E-state index in [2.05, 4.69) is 27.4 Å². The van der Waals surface area contributed by atoms with Gasteiger partial charge in [-0.3, -0.25) is 0 Å². The molecule has 4 rings (SSSR count). The first kappa shape index (κ1) is 19.0. The number of aromatic nitrogens is 3. The summed E-state index contributed by atoms with van der Waals surface area (Å²) >= 11 is 7.80. The van der Waals surface area contributed by atoms with E-state index >= 15 is 0 Å². The number of rotatable bonds is 5. The Morgan fingerprint density at radius 1 is 1.18 bits per heavy atom. The first-order valence-corrected chi connectivity index (χ1v) is 10.4. The molecule has 0 amide bonds. The van der Waals surface area contributed by atoms with Crippen molar-refractivity contribution in [3.05, 3.63) is 58.9 Å². The summed E-state index contributed by atoms with van der Waals surface area (Å²) < 4.78 is 20.6. The second-order valence-electron chi connectivity index (χ2n) is 6.27. The minimum Gasteiger partial charge on any atom is -0.448 e. The van der Waals surface area contributed by atoms with Crippen molar-refractivity contribution in [1.82, 2.24) is 15.2 Å². The molecule has 0 fully saturated rings. The summed E-state index contributed by atoms with van der Waals surface area (Å²) in [6.07, 6.45) is 1.30. The number of halogens is 2. The fraction of sp³-hybridized carbons (Fsp3) is 0.250. The van der Waals surface area contributed by atoms with Gasteiger partial charge in [-0.1, -0.05) is 61.0 Å². The van der Waals surface area contributed by atoms with E-state index in [0.717, 1.165) is 29.8 Å². The molecular formula is C20H18ClFN4OS. The molecule has 2 aromatic carbocycles. The molecule has 1 N–H and O–H groups in total. The molecule has 3 aromatic rings. The number of thioether (sulfide) groups is 1. The summed E-state index contributed by atoms with van der Waals surface area (Å²) in [5.74, 6) is 0.746. The average molecular weight is 417 g/mol. The normalized spacial score (nSPS) is 15.0. The van der Waals surface area contributed by atoms with Gasteiger partial charge in [0.1, 0.15) is 5.82 Å². The number of ether oxygens (including phenoxy) is 1. The maximum Gasteiger partial charge on any atom is 0.247 e. The van der Waals surface area contributed by atoms with Gasteiger partial charge in [0.2, 0.25) is 17.3 Å². The van der Waals surface area contributed by atoms with E-state index in [1.165, 1.54) is 17.8 Å². The molecule has 0 spiro atoms. The van der Waals surface area contributed by atoms with Gasteiger partial charge in [0.05, 0.1) is 10.6 Å². The monoisotopic (exact) mass is 416 g/mol. The van der Waals surface area contributed by atoms with Crippen LogP contribution in [0.1, 0.15) is 31.6 Å². The molecule has 5 nitrogen and oxygen atoms in total. The van der Waals surface area contributed by atoms with Crippen LogP contribution in [0.2, 0.25) is 5.02 Å². The summed E-state index contributed by atoms with van der Waals surface area (Å²) in [4.78, 5) is 4.54. The lowest BCUT2D eigenvalue weighted by molar-refractivity contribution is 0.220. The van der Waals surface area contributed by atoms with Gasteiger partial charge >= 0.3 is 0 Å². The topological polar surface area (TPSA) is 59.9 Å². The van der Waals surface area contributed by atoms with Crippen molar-refractivity contribution in [3.63, 3.8) is 0 Å². The molecule has 1 aromatic heterocycles. The van der Waals surface area contributed by atoms with Crippen LogP contribution < -0.4 is 10.1 Å². The number of nitrogens with one attached hydrogen (secondary N) is 1. The van der Waals surface area contributed by atoms with Crippen molar-refractivity contribution in [2.24, 2.45) is 0 Å². The molecule has 0 bridgehead atoms. The SMILES string of the molecule is CCCCSc1nnc2c(n1)O[C@@H](c1c(F)cccc1Cl)Nc1ccccc1-2. The predicted octanol–water partition coefficient (Wildman–Crippen LogP) is 5.73. The van der Waals surface area contributed by atoms with Crippen molar-refractivity contribution in [2.75, 3.05) is 11.1 Å². The van der Waals surface area contributed by atoms with Crippen LogP contribution in [-0.2, 0) is 0 Å². The van der Waals surface area contributed by atoms with Crippen LogP contribution in [0.3, 0.4) is 0 Å². The Labute approximate surface area is 171 Å². The van der Waals surface area contributed by atoms with Crippen LogP contribution in [0.15, 0.2) is 47.6 Å². The van der Waals surface area contributed by atoms with Gasteiger partial charge in [0.25, 0.3) is 0 Å². The highest BCUT2D eigenvalue weighted by Crippen LogP contribution is 2.41. The van der Waals surface area contributed by atoms with E-state index in [-0.39, 0.29) is 10.6 Å². The smallest absolute Gasteiger partial charge is 0.247 e. The van der Waals surface area contributed by atoms with Gasteiger partial charge in [-0.2, -0.15) is 4.98 Å². The number of hydrogen-bond acceptors (Lipinski definition) is 6. The van der Waals surface area contributed by atoms with Gasteiger partial charge in [-0.05, 0) is 24.6 Å². The Hall–Kier alpha value is -2.38. The number of hydrogen-bond donors (Lipinski definition) is 1. The average Bonchev–Trinajstić information content (AvgIpc) is 2.84. The van der Waals surface area contributed by atoms with Crippen LogP contribution in [0.5, 0.6) is 5.88 Å². The number of benzene rings is 2. The van der Waals surface area contributed by atoms with E-state index in [1.807, 2.05) is 24.3 Å². The van der Waals surface area contributed by atoms with Crippen LogP contribution in [0.25, 0.3) is 11.3 Å². The van der Waals surface area contributed by atoms with Crippen LogP contribution >= 0.6 is 23.4 Å². The number of nitrogens with zero attached hydrogens (tertiary/aromatic N) is 3. The lowest BCUT2D eigenvalue weighted by atomic mass is 10.1. The largest absolute Gasteiger partial charge is 0.448 e. The maximum atomic E-state index is 14.5. The van der Waals surface area contributed by atoms with Crippen molar-refractivity contribution in [2.45, 2.75) is 31.1 Å². The molecule has 0 aliphatic carbocycles. The van der Waals surface area contributed by atoms with E-state index in [1.54, 1.807) is 12.1 Å². The third kappa shape index (κ3) is 3.77. The Kier molecular flexibility index (Phi) is 5.64. The van der Waals surface area contributed by atoms with Crippen molar-refractivity contribution in [3.8, 4) is 17.1 Å². The molecule has 1 atom stereocenters. The molecule has 0 unspecified atom stereocenters. The van der Waals surface area contributed by atoms with E-state index in [0.29, 0.717) is 16.7 Å². The molecule has 0 saturated heterocycles. The summed E-state index contributed by atoms with van der Waals surface area (Å²) in [5.41, 5.74) is 2.27. The predicted molar refractivity (Wildman–Crippen MR) is 109 cm³/mol. The minimum absolute atomic E-state index is 0.227. The van der Waals surface area contributed by atoms with Crippen molar-refractivity contribution in [1.29, 1.82) is 0 Å². The summed E-state index contributed by atoms with van der Waals surface area (Å²) in [7, 11) is 0. The summed E-state index contributed by atoms with van der Waals surface area (Å²) in [5, 5.41) is 12.6. The zero-order valence-electron chi connectivity index (χ0n) is 15.2. The summed E-state index contributed by atoms with van der Waals surface area (Å²) in [6, 6.07) is 12.1. The first-order chi connectivity index (χ1) is 13.7. The van der Waals surface area contributed by atoms with Crippen LogP contribution in [-0.4, -0.2) is 20.9 Å². The molecule has 1 aliphatic rings. The highest BCUT2D eigenvalue weighted by Gasteiger charge is 2.29. The number of unbranched alkanes of at least 4 members (excludes halogenated alkanes) is 1. The first-order valence-electron chi connectivity index (χ1n) is 9.01. The Morgan fingerprint density at radius 2 is 2.04 bits per heavy atom. The third-order valence-electron chi connectivity index (χ3n) is 4.32. The third-order valence-corrected chi connectivity index (χ3v) is 5.58. The zero-order chi connectivity index (χ0) is 19.5. The zero-order valence-corrected chi connectivity index (χ0v) is 16.7. The summed E-state index contributed by atoms with van der Waals surface area (Å²) in [6.45, 7) is 2.13. The van der Waals surface area contributed by atoms with Gasteiger partial charge < -0.3 is 10.1 Å². The molecular weight excluding hydrogens is 399 g/mol. The fourth-order valence-corrected chi connectivity index (χ4v) is 4.03. The van der Waals surface area contributed by atoms with E-state index in [4.69, 9.17) is 16.3 Å². The molecule has 1 aliphatic heterocycles. The second kappa shape index (κ2) is 8.32. The van der Waals surface area contributed by atoms with Gasteiger partial charge in [0.15, 0.2) is 5.69 Å². The van der Waals surface area contributed by atoms with Crippen molar-refractivity contribution >= 4 is 29.1 Å². The van der Waals surface area contributed by atoms with Gasteiger partial charge in [-0.15, -0.1) is 10.2 Å². The standard InChI is InChI=1S/C20H18ClFN4OS/c1-2-3-11-28-20-24-19-17(25-26-20)12-7-4-5-10-15(12)23-18(27-19)16-13(21)8-6-9-14(16)22/h4-10,18,23H,2-3,11H2,1H3/t18-/m0/s1. The lowest BCUT2D eigenvalue weighted by Crippen LogP contribution is -2.19. The Morgan fingerprint density at radius 3 is 2.86 bits per heavy atom. The van der Waals surface area contributed by atoms with E-state index < -0.39 is 12.0 Å².